The molecule has 0 radical (unpaired) electrons. The predicted molar refractivity (Wildman–Crippen MR) is 94.4 cm³/mol. The molecule has 2 heterocycles. The Kier molecular flexibility index (Phi) is 5.01. The summed E-state index contributed by atoms with van der Waals surface area (Å²) in [6.07, 6.45) is 3.39. The molecule has 3 aromatic rings. The van der Waals surface area contributed by atoms with Crippen molar-refractivity contribution in [2.24, 2.45) is 0 Å². The van der Waals surface area contributed by atoms with Crippen LogP contribution in [0.1, 0.15) is 11.1 Å². The van der Waals surface area contributed by atoms with Crippen LogP contribution in [0.2, 0.25) is 0 Å². The summed E-state index contributed by atoms with van der Waals surface area (Å²) in [5.41, 5.74) is 7.80. The van der Waals surface area contributed by atoms with Crippen molar-refractivity contribution in [3.05, 3.63) is 60.0 Å². The van der Waals surface area contributed by atoms with E-state index < -0.39 is 13.1 Å². The normalized spacial score (nSPS) is 12.1. The number of anilines is 1. The molecule has 1 aromatic carbocycles. The Hall–Kier alpha value is -2.84. The molecule has 7 nitrogen and oxygen atoms in total. The molecule has 0 aliphatic rings. The fraction of sp³-hybridized carbons (Fsp3) is 0.176. The molecule has 0 saturated heterocycles. The summed E-state index contributed by atoms with van der Waals surface area (Å²) in [5, 5.41) is 22.8. The van der Waals surface area contributed by atoms with E-state index in [-0.39, 0.29) is 18.7 Å². The van der Waals surface area contributed by atoms with Crippen molar-refractivity contribution in [2.75, 3.05) is 5.73 Å². The van der Waals surface area contributed by atoms with Gasteiger partial charge in [-0.25, -0.2) is 4.98 Å². The SMILES string of the molecule is Nc1cc(CC(=O)NC(Cc2coc3ccccc23)B(O)O)ccn1. The van der Waals surface area contributed by atoms with Crippen LogP contribution < -0.4 is 11.1 Å². The van der Waals surface area contributed by atoms with Gasteiger partial charge in [0.1, 0.15) is 11.4 Å². The molecule has 0 aliphatic carbocycles. The van der Waals surface area contributed by atoms with E-state index in [9.17, 15) is 14.8 Å². The van der Waals surface area contributed by atoms with Crippen molar-refractivity contribution < 1.29 is 19.3 Å². The van der Waals surface area contributed by atoms with E-state index in [0.29, 0.717) is 17.0 Å². The van der Waals surface area contributed by atoms with Gasteiger partial charge in [0.25, 0.3) is 0 Å². The van der Waals surface area contributed by atoms with Crippen molar-refractivity contribution in [1.82, 2.24) is 10.3 Å². The Morgan fingerprint density at radius 1 is 1.32 bits per heavy atom. The number of nitrogens with zero attached hydrogens (tertiary/aromatic N) is 1. The minimum absolute atomic E-state index is 0.0715. The van der Waals surface area contributed by atoms with Crippen LogP contribution in [0.15, 0.2) is 53.3 Å². The number of carbonyl (C=O) groups is 1. The molecule has 1 atom stereocenters. The fourth-order valence-corrected chi connectivity index (χ4v) is 2.71. The van der Waals surface area contributed by atoms with Crippen LogP contribution in [0.25, 0.3) is 11.0 Å². The highest BCUT2D eigenvalue weighted by Crippen LogP contribution is 2.22. The van der Waals surface area contributed by atoms with Gasteiger partial charge in [0.2, 0.25) is 5.91 Å². The van der Waals surface area contributed by atoms with Crippen LogP contribution in [0.4, 0.5) is 5.82 Å². The van der Waals surface area contributed by atoms with E-state index in [0.717, 1.165) is 10.9 Å². The average Bonchev–Trinajstić information content (AvgIpc) is 2.97. The number of nitrogens with one attached hydrogen (secondary N) is 1. The van der Waals surface area contributed by atoms with E-state index in [1.807, 2.05) is 24.3 Å². The number of nitrogen functional groups attached to an aromatic ring is 1. The lowest BCUT2D eigenvalue weighted by Crippen LogP contribution is -2.48. The van der Waals surface area contributed by atoms with Gasteiger partial charge < -0.3 is 25.5 Å². The Balaban J connectivity index is 1.70. The number of hydrogen-bond donors (Lipinski definition) is 4. The van der Waals surface area contributed by atoms with Crippen LogP contribution in [0.3, 0.4) is 0 Å². The molecule has 128 valence electrons. The second kappa shape index (κ2) is 7.37. The lowest BCUT2D eigenvalue weighted by Gasteiger charge is -2.17. The maximum Gasteiger partial charge on any atom is 0.475 e. The summed E-state index contributed by atoms with van der Waals surface area (Å²) >= 11 is 0. The van der Waals surface area contributed by atoms with E-state index in [4.69, 9.17) is 10.2 Å². The molecule has 1 amide bonds. The third kappa shape index (κ3) is 4.17. The van der Waals surface area contributed by atoms with Gasteiger partial charge in [0, 0.05) is 11.6 Å². The van der Waals surface area contributed by atoms with E-state index in [1.165, 1.54) is 6.20 Å². The number of hydrogen-bond acceptors (Lipinski definition) is 6. The van der Waals surface area contributed by atoms with Crippen LogP contribution in [-0.4, -0.2) is 34.0 Å². The molecule has 0 saturated carbocycles. The van der Waals surface area contributed by atoms with Crippen molar-refractivity contribution >= 4 is 29.8 Å². The molecule has 0 bridgehead atoms. The average molecular weight is 339 g/mol. The summed E-state index contributed by atoms with van der Waals surface area (Å²) in [7, 11) is -1.69. The molecule has 0 fully saturated rings. The lowest BCUT2D eigenvalue weighted by molar-refractivity contribution is -0.120. The minimum Gasteiger partial charge on any atom is -0.464 e. The van der Waals surface area contributed by atoms with Gasteiger partial charge in [-0.1, -0.05) is 18.2 Å². The summed E-state index contributed by atoms with van der Waals surface area (Å²) in [6.45, 7) is 0. The number of fused-ring (bicyclic) bond motifs is 1. The summed E-state index contributed by atoms with van der Waals surface area (Å²) in [5.74, 6) is -0.863. The Labute approximate surface area is 144 Å². The Bertz CT molecular complexity index is 881. The van der Waals surface area contributed by atoms with Gasteiger partial charge in [-0.2, -0.15) is 0 Å². The third-order valence-electron chi connectivity index (χ3n) is 3.92. The number of rotatable bonds is 6. The standard InChI is InChI=1S/C17H18BN3O4/c19-16-7-11(5-6-20-16)8-17(22)21-15(18(23)24)9-12-10-25-14-4-2-1-3-13(12)14/h1-7,10,15,23-24H,8-9H2,(H2,19,20)(H,21,22). The molecule has 0 spiro atoms. The second-order valence-electron chi connectivity index (χ2n) is 5.81. The fourth-order valence-electron chi connectivity index (χ4n) is 2.71. The third-order valence-corrected chi connectivity index (χ3v) is 3.92. The van der Waals surface area contributed by atoms with Crippen LogP contribution in [0, 0.1) is 0 Å². The maximum atomic E-state index is 12.2. The zero-order valence-corrected chi connectivity index (χ0v) is 13.4. The highest BCUT2D eigenvalue weighted by atomic mass is 16.4. The number of nitrogens with two attached hydrogens (primary N) is 1. The first-order valence-electron chi connectivity index (χ1n) is 7.84. The minimum atomic E-state index is -1.69. The monoisotopic (exact) mass is 339 g/mol. The van der Waals surface area contributed by atoms with E-state index in [1.54, 1.807) is 18.4 Å². The highest BCUT2D eigenvalue weighted by Gasteiger charge is 2.27. The number of benzene rings is 1. The van der Waals surface area contributed by atoms with Crippen molar-refractivity contribution in [3.63, 3.8) is 0 Å². The molecular weight excluding hydrogens is 321 g/mol. The quantitative estimate of drug-likeness (QED) is 0.490. The van der Waals surface area contributed by atoms with Crippen LogP contribution >= 0.6 is 0 Å². The van der Waals surface area contributed by atoms with Gasteiger partial charge in [-0.3, -0.25) is 4.79 Å². The van der Waals surface area contributed by atoms with Gasteiger partial charge in [-0.05, 0) is 35.7 Å². The molecule has 1 unspecified atom stereocenters. The Morgan fingerprint density at radius 2 is 2.12 bits per heavy atom. The number of carbonyl (C=O) groups excluding carboxylic acids is 1. The van der Waals surface area contributed by atoms with Crippen molar-refractivity contribution in [3.8, 4) is 0 Å². The summed E-state index contributed by atoms with van der Waals surface area (Å²) in [6, 6.07) is 10.7. The number of aromatic nitrogens is 1. The maximum absolute atomic E-state index is 12.2. The van der Waals surface area contributed by atoms with Gasteiger partial charge in [0.15, 0.2) is 0 Å². The Morgan fingerprint density at radius 3 is 2.88 bits per heavy atom. The number of para-hydroxylation sites is 1. The first-order chi connectivity index (χ1) is 12.0. The highest BCUT2D eigenvalue weighted by molar-refractivity contribution is 6.43. The predicted octanol–water partition coefficient (Wildman–Crippen LogP) is 0.692. The molecular formula is C17H18BN3O4. The number of pyridine rings is 1. The molecule has 2 aromatic heterocycles. The van der Waals surface area contributed by atoms with Crippen molar-refractivity contribution in [2.45, 2.75) is 18.8 Å². The van der Waals surface area contributed by atoms with Crippen LogP contribution in [0.5, 0.6) is 0 Å². The molecule has 5 N–H and O–H groups in total. The molecule has 0 aliphatic heterocycles. The van der Waals surface area contributed by atoms with E-state index in [2.05, 4.69) is 10.3 Å². The second-order valence-corrected chi connectivity index (χ2v) is 5.81. The lowest BCUT2D eigenvalue weighted by atomic mass is 9.75. The zero-order chi connectivity index (χ0) is 17.8. The molecule has 3 rings (SSSR count). The van der Waals surface area contributed by atoms with Crippen LogP contribution in [-0.2, 0) is 17.6 Å². The van der Waals surface area contributed by atoms with Crippen molar-refractivity contribution in [1.29, 1.82) is 0 Å². The molecule has 25 heavy (non-hydrogen) atoms. The van der Waals surface area contributed by atoms with Gasteiger partial charge >= 0.3 is 7.12 Å². The smallest absolute Gasteiger partial charge is 0.464 e. The van der Waals surface area contributed by atoms with Gasteiger partial charge in [0.05, 0.1) is 18.6 Å². The largest absolute Gasteiger partial charge is 0.475 e. The van der Waals surface area contributed by atoms with E-state index >= 15 is 0 Å². The number of furan rings is 1. The zero-order valence-electron chi connectivity index (χ0n) is 13.4. The summed E-state index contributed by atoms with van der Waals surface area (Å²) < 4.78 is 5.45. The first kappa shape index (κ1) is 17.0. The summed E-state index contributed by atoms with van der Waals surface area (Å²) in [4.78, 5) is 16.1. The van der Waals surface area contributed by atoms with Gasteiger partial charge in [-0.15, -0.1) is 0 Å². The number of amides is 1. The molecule has 8 heteroatoms. The first-order valence-corrected chi connectivity index (χ1v) is 7.84. The topological polar surface area (TPSA) is 122 Å².